The smallest absolute Gasteiger partial charge is 0.270 e. The van der Waals surface area contributed by atoms with E-state index >= 15 is 0 Å². The molecule has 0 atom stereocenters. The normalized spacial score (nSPS) is 10.4. The second-order valence-electron chi connectivity index (χ2n) is 6.14. The number of aromatic nitrogens is 2. The van der Waals surface area contributed by atoms with Crippen LogP contribution in [0.1, 0.15) is 21.9 Å². The highest BCUT2D eigenvalue weighted by Gasteiger charge is 2.11. The Hall–Kier alpha value is -3.48. The molecule has 0 bridgehead atoms. The highest BCUT2D eigenvalue weighted by molar-refractivity contribution is 5.93. The van der Waals surface area contributed by atoms with Crippen molar-refractivity contribution in [2.45, 2.75) is 13.3 Å². The summed E-state index contributed by atoms with van der Waals surface area (Å²) in [5.41, 5.74) is 1.95. The van der Waals surface area contributed by atoms with E-state index in [9.17, 15) is 9.18 Å². The largest absolute Gasteiger partial charge is 0.495 e. The van der Waals surface area contributed by atoms with E-state index in [0.29, 0.717) is 30.4 Å². The number of hydrogen-bond acceptors (Lipinski definition) is 5. The lowest BCUT2D eigenvalue weighted by molar-refractivity contribution is 0.0949. The zero-order valence-electron chi connectivity index (χ0n) is 15.7. The fraction of sp³-hybridized carbons (Fsp3) is 0.190. The van der Waals surface area contributed by atoms with Crippen molar-refractivity contribution in [3.63, 3.8) is 0 Å². The Morgan fingerprint density at radius 2 is 1.86 bits per heavy atom. The number of nitrogens with one attached hydrogen (secondary N) is 2. The first-order valence-electron chi connectivity index (χ1n) is 8.83. The number of nitrogens with zero attached hydrogens (tertiary/aromatic N) is 2. The molecule has 1 heterocycles. The first-order chi connectivity index (χ1) is 13.5. The molecule has 2 N–H and O–H groups in total. The molecule has 3 rings (SSSR count). The van der Waals surface area contributed by atoms with E-state index in [0.717, 1.165) is 11.3 Å². The Kier molecular flexibility index (Phi) is 6.16. The number of carbonyl (C=O) groups is 1. The van der Waals surface area contributed by atoms with Crippen LogP contribution in [0.3, 0.4) is 0 Å². The molecule has 2 aromatic carbocycles. The molecule has 1 aromatic heterocycles. The van der Waals surface area contributed by atoms with Gasteiger partial charge >= 0.3 is 0 Å². The average Bonchev–Trinajstić information content (AvgIpc) is 2.69. The predicted molar refractivity (Wildman–Crippen MR) is 105 cm³/mol. The standard InChI is InChI=1S/C21H21FN4O2/c1-14-24-18(21(27)23-12-11-15-7-9-16(22)10-8-15)13-20(25-14)26-17-5-3-4-6-19(17)28-2/h3-10,13H,11-12H2,1-2H3,(H,23,27)(H,24,25,26). The van der Waals surface area contributed by atoms with Crippen molar-refractivity contribution >= 4 is 17.4 Å². The van der Waals surface area contributed by atoms with Crippen LogP contribution in [0.2, 0.25) is 0 Å². The van der Waals surface area contributed by atoms with Crippen LogP contribution in [0.25, 0.3) is 0 Å². The average molecular weight is 380 g/mol. The molecular formula is C21H21FN4O2. The summed E-state index contributed by atoms with van der Waals surface area (Å²) >= 11 is 0. The van der Waals surface area contributed by atoms with Gasteiger partial charge in [-0.05, 0) is 43.2 Å². The fourth-order valence-corrected chi connectivity index (χ4v) is 2.70. The Labute approximate surface area is 162 Å². The summed E-state index contributed by atoms with van der Waals surface area (Å²) in [5, 5.41) is 5.98. The number of anilines is 2. The highest BCUT2D eigenvalue weighted by Crippen LogP contribution is 2.26. The number of carbonyl (C=O) groups excluding carboxylic acids is 1. The summed E-state index contributed by atoms with van der Waals surface area (Å²) in [5.74, 6) is 1.07. The van der Waals surface area contributed by atoms with Crippen LogP contribution < -0.4 is 15.4 Å². The van der Waals surface area contributed by atoms with Gasteiger partial charge in [-0.15, -0.1) is 0 Å². The summed E-state index contributed by atoms with van der Waals surface area (Å²) in [6, 6.07) is 15.2. The molecule has 28 heavy (non-hydrogen) atoms. The van der Waals surface area contributed by atoms with Gasteiger partial charge in [0, 0.05) is 12.6 Å². The summed E-state index contributed by atoms with van der Waals surface area (Å²) in [4.78, 5) is 21.0. The Morgan fingerprint density at radius 3 is 2.61 bits per heavy atom. The lowest BCUT2D eigenvalue weighted by atomic mass is 10.1. The zero-order chi connectivity index (χ0) is 19.9. The number of halogens is 1. The van der Waals surface area contributed by atoms with Gasteiger partial charge in [0.25, 0.3) is 5.91 Å². The third-order valence-corrected chi connectivity index (χ3v) is 4.05. The first kappa shape index (κ1) is 19.3. The van der Waals surface area contributed by atoms with Crippen LogP contribution in [0.15, 0.2) is 54.6 Å². The molecule has 0 aliphatic heterocycles. The van der Waals surface area contributed by atoms with Crippen molar-refractivity contribution in [1.82, 2.24) is 15.3 Å². The number of rotatable bonds is 7. The molecule has 0 aliphatic carbocycles. The molecular weight excluding hydrogens is 359 g/mol. The van der Waals surface area contributed by atoms with Crippen LogP contribution in [0.5, 0.6) is 5.75 Å². The van der Waals surface area contributed by atoms with E-state index in [1.165, 1.54) is 12.1 Å². The molecule has 0 radical (unpaired) electrons. The quantitative estimate of drug-likeness (QED) is 0.654. The van der Waals surface area contributed by atoms with Crippen LogP contribution in [-0.4, -0.2) is 29.5 Å². The van der Waals surface area contributed by atoms with E-state index in [4.69, 9.17) is 4.74 Å². The molecule has 144 valence electrons. The first-order valence-corrected chi connectivity index (χ1v) is 8.83. The summed E-state index contributed by atoms with van der Waals surface area (Å²) < 4.78 is 18.3. The number of aryl methyl sites for hydroxylation is 1. The number of amides is 1. The molecule has 7 heteroatoms. The van der Waals surface area contributed by atoms with E-state index in [1.807, 2.05) is 24.3 Å². The number of methoxy groups -OCH3 is 1. The third kappa shape index (κ3) is 5.03. The van der Waals surface area contributed by atoms with Gasteiger partial charge in [-0.25, -0.2) is 14.4 Å². The molecule has 0 saturated heterocycles. The van der Waals surface area contributed by atoms with Gasteiger partial charge in [0.15, 0.2) is 0 Å². The Bertz CT molecular complexity index is 961. The topological polar surface area (TPSA) is 76.1 Å². The predicted octanol–water partition coefficient (Wildman–Crippen LogP) is 3.65. The summed E-state index contributed by atoms with van der Waals surface area (Å²) in [7, 11) is 1.59. The van der Waals surface area contributed by atoms with E-state index in [-0.39, 0.29) is 17.4 Å². The van der Waals surface area contributed by atoms with Crippen molar-refractivity contribution in [2.24, 2.45) is 0 Å². The van der Waals surface area contributed by atoms with Gasteiger partial charge in [0.1, 0.15) is 28.9 Å². The zero-order valence-corrected chi connectivity index (χ0v) is 15.7. The van der Waals surface area contributed by atoms with E-state index in [1.54, 1.807) is 32.2 Å². The molecule has 0 fully saturated rings. The molecule has 0 aliphatic rings. The van der Waals surface area contributed by atoms with Crippen LogP contribution >= 0.6 is 0 Å². The highest BCUT2D eigenvalue weighted by atomic mass is 19.1. The maximum atomic E-state index is 12.9. The molecule has 6 nitrogen and oxygen atoms in total. The van der Waals surface area contributed by atoms with Gasteiger partial charge in [-0.2, -0.15) is 0 Å². The maximum Gasteiger partial charge on any atom is 0.270 e. The SMILES string of the molecule is COc1ccccc1Nc1cc(C(=O)NCCc2ccc(F)cc2)nc(C)n1. The van der Waals surface area contributed by atoms with Gasteiger partial charge in [-0.1, -0.05) is 24.3 Å². The van der Waals surface area contributed by atoms with Crippen molar-refractivity contribution < 1.29 is 13.9 Å². The Balaban J connectivity index is 1.66. The van der Waals surface area contributed by atoms with Crippen molar-refractivity contribution in [3.05, 3.63) is 77.5 Å². The van der Waals surface area contributed by atoms with Crippen molar-refractivity contribution in [3.8, 4) is 5.75 Å². The molecule has 0 unspecified atom stereocenters. The molecule has 0 saturated carbocycles. The monoisotopic (exact) mass is 380 g/mol. The number of para-hydroxylation sites is 2. The lowest BCUT2D eigenvalue weighted by Gasteiger charge is -2.12. The minimum Gasteiger partial charge on any atom is -0.495 e. The van der Waals surface area contributed by atoms with Gasteiger partial charge in [0.05, 0.1) is 12.8 Å². The van der Waals surface area contributed by atoms with Gasteiger partial charge in [0.2, 0.25) is 0 Å². The van der Waals surface area contributed by atoms with Gasteiger partial charge in [-0.3, -0.25) is 4.79 Å². The second kappa shape index (κ2) is 8.94. The third-order valence-electron chi connectivity index (χ3n) is 4.05. The minimum atomic E-state index is -0.296. The van der Waals surface area contributed by atoms with Crippen molar-refractivity contribution in [1.29, 1.82) is 0 Å². The minimum absolute atomic E-state index is 0.268. The maximum absolute atomic E-state index is 12.9. The second-order valence-corrected chi connectivity index (χ2v) is 6.14. The van der Waals surface area contributed by atoms with E-state index < -0.39 is 0 Å². The van der Waals surface area contributed by atoms with Gasteiger partial charge < -0.3 is 15.4 Å². The van der Waals surface area contributed by atoms with Crippen LogP contribution in [0.4, 0.5) is 15.9 Å². The van der Waals surface area contributed by atoms with Crippen molar-refractivity contribution in [2.75, 3.05) is 19.0 Å². The van der Waals surface area contributed by atoms with Crippen LogP contribution in [-0.2, 0) is 6.42 Å². The summed E-state index contributed by atoms with van der Waals surface area (Å²) in [6.45, 7) is 2.14. The molecule has 0 spiro atoms. The number of ether oxygens (including phenoxy) is 1. The fourth-order valence-electron chi connectivity index (χ4n) is 2.70. The summed E-state index contributed by atoms with van der Waals surface area (Å²) in [6.07, 6.45) is 0.600. The Morgan fingerprint density at radius 1 is 1.11 bits per heavy atom. The molecule has 3 aromatic rings. The number of benzene rings is 2. The van der Waals surface area contributed by atoms with E-state index in [2.05, 4.69) is 20.6 Å². The number of hydrogen-bond donors (Lipinski definition) is 2. The van der Waals surface area contributed by atoms with Crippen LogP contribution in [0, 0.1) is 12.7 Å². The lowest BCUT2D eigenvalue weighted by Crippen LogP contribution is -2.27. The molecule has 1 amide bonds.